The topological polar surface area (TPSA) is 134 Å². The Morgan fingerprint density at radius 1 is 1.17 bits per heavy atom. The predicted molar refractivity (Wildman–Crippen MR) is 141 cm³/mol. The van der Waals surface area contributed by atoms with Crippen molar-refractivity contribution in [2.45, 2.75) is 38.3 Å². The van der Waals surface area contributed by atoms with E-state index in [0.717, 1.165) is 20.8 Å². The number of H-pyrrole nitrogens is 1. The Kier molecular flexibility index (Phi) is 6.77. The number of halogens is 3. The van der Waals surface area contributed by atoms with Gasteiger partial charge in [-0.3, -0.25) is 19.6 Å². The Bertz CT molecular complexity index is 1680. The van der Waals surface area contributed by atoms with E-state index in [1.807, 2.05) is 41.3 Å². The van der Waals surface area contributed by atoms with Crippen molar-refractivity contribution in [3.05, 3.63) is 83.0 Å². The maximum absolute atomic E-state index is 13.3. The summed E-state index contributed by atoms with van der Waals surface area (Å²) in [5, 5.41) is 14.3. The number of fused-ring (bicyclic) bond motifs is 2. The molecule has 4 aromatic rings. The van der Waals surface area contributed by atoms with Crippen molar-refractivity contribution in [2.24, 2.45) is 0 Å². The van der Waals surface area contributed by atoms with Gasteiger partial charge in [0.15, 0.2) is 1.41 Å². The molecule has 2 aromatic carbocycles. The third kappa shape index (κ3) is 5.54. The number of alkyl halides is 3. The van der Waals surface area contributed by atoms with E-state index in [1.165, 1.54) is 4.90 Å². The van der Waals surface area contributed by atoms with Crippen molar-refractivity contribution >= 4 is 17.5 Å². The second-order valence-corrected chi connectivity index (χ2v) is 10.1. The van der Waals surface area contributed by atoms with Crippen LogP contribution in [0.4, 0.5) is 18.9 Å². The Hall–Kier alpha value is -4.79. The number of nitrogens with one attached hydrogen (secondary N) is 2. The van der Waals surface area contributed by atoms with E-state index in [2.05, 4.69) is 25.6 Å². The molecule has 0 saturated heterocycles. The highest BCUT2D eigenvalue weighted by molar-refractivity contribution is 6.02. The van der Waals surface area contributed by atoms with Gasteiger partial charge in [0.05, 0.1) is 12.2 Å². The minimum Gasteiger partial charge on any atom is -0.489 e. The summed E-state index contributed by atoms with van der Waals surface area (Å²) in [6.07, 6.45) is -4.26. The van der Waals surface area contributed by atoms with Crippen molar-refractivity contribution in [2.75, 3.05) is 25.1 Å². The highest BCUT2D eigenvalue weighted by Crippen LogP contribution is 2.33. The highest BCUT2D eigenvalue weighted by Gasteiger charge is 2.39. The predicted octanol–water partition coefficient (Wildman–Crippen LogP) is 2.18. The van der Waals surface area contributed by atoms with Crippen molar-refractivity contribution in [1.82, 2.24) is 40.2 Å². The minimum atomic E-state index is -4.57. The lowest BCUT2D eigenvalue weighted by Gasteiger charge is -2.28. The van der Waals surface area contributed by atoms with E-state index in [-0.39, 0.29) is 37.2 Å². The lowest BCUT2D eigenvalue weighted by atomic mass is 10.1. The normalized spacial score (nSPS) is 17.6. The number of aromatic nitrogens is 6. The molecule has 0 fully saturated rings. The van der Waals surface area contributed by atoms with E-state index < -0.39 is 29.9 Å². The molecule has 1 atom stereocenters. The number of carbonyl (C=O) groups is 2. The highest BCUT2D eigenvalue weighted by atomic mass is 19.4. The molecule has 2 aromatic heterocycles. The second-order valence-electron chi connectivity index (χ2n) is 10.1. The molecule has 0 radical (unpaired) electrons. The largest absolute Gasteiger partial charge is 0.489 e. The summed E-state index contributed by atoms with van der Waals surface area (Å²) in [6.45, 7) is 0.917. The molecule has 218 valence electrons. The molecular formula is C27H26F3N9O3. The van der Waals surface area contributed by atoms with E-state index >= 15 is 0 Å². The quantitative estimate of drug-likeness (QED) is 0.354. The van der Waals surface area contributed by atoms with Crippen LogP contribution in [0.2, 0.25) is 1.41 Å². The zero-order valence-electron chi connectivity index (χ0n) is 23.4. The van der Waals surface area contributed by atoms with Crippen molar-refractivity contribution in [3.63, 3.8) is 0 Å². The summed E-state index contributed by atoms with van der Waals surface area (Å²) in [5.41, 5.74) is 2.20. The molecule has 2 aliphatic heterocycles. The molecule has 4 heterocycles. The first-order valence-electron chi connectivity index (χ1n) is 13.6. The van der Waals surface area contributed by atoms with Crippen molar-refractivity contribution < 1.29 is 28.9 Å². The summed E-state index contributed by atoms with van der Waals surface area (Å²) in [5.74, 6) is -1.43. The molecule has 12 nitrogen and oxygen atoms in total. The van der Waals surface area contributed by atoms with E-state index in [1.54, 1.807) is 19.2 Å². The molecule has 0 unspecified atom stereocenters. The number of benzene rings is 2. The van der Waals surface area contributed by atoms with Gasteiger partial charge in [0.1, 0.15) is 30.0 Å². The molecule has 0 saturated carbocycles. The molecular weight excluding hydrogens is 555 g/mol. The summed E-state index contributed by atoms with van der Waals surface area (Å²) in [6, 6.07) is 13.6. The number of likely N-dealkylation sites (N-methyl/N-ethyl adjacent to an activating group) is 1. The zero-order valence-corrected chi connectivity index (χ0v) is 22.4. The van der Waals surface area contributed by atoms with Crippen LogP contribution in [0.5, 0.6) is 5.75 Å². The van der Waals surface area contributed by atoms with Crippen LogP contribution in [0.3, 0.4) is 0 Å². The summed E-state index contributed by atoms with van der Waals surface area (Å²) < 4.78 is 54.5. The molecule has 0 aliphatic carbocycles. The van der Waals surface area contributed by atoms with E-state index in [4.69, 9.17) is 6.15 Å². The van der Waals surface area contributed by atoms with Gasteiger partial charge in [-0.2, -0.15) is 13.2 Å². The number of aromatic amines is 1. The van der Waals surface area contributed by atoms with Gasteiger partial charge >= 0.3 is 6.18 Å². The smallest absolute Gasteiger partial charge is 0.451 e. The SMILES string of the molecule is [2H]n1nc(C(=O)N[C@H]2COc3ccc(CN4CCn5c(nnc5C(F)(F)F)C4)cc3N(C)C2=O)nc1Cc1ccccc1. The fraction of sp³-hybridized carbons (Fsp3) is 0.333. The van der Waals surface area contributed by atoms with Crippen LogP contribution < -0.4 is 15.0 Å². The average molecular weight is 583 g/mol. The number of carbonyl (C=O) groups excluding carboxylic acids is 2. The minimum absolute atomic E-state index is 0.103. The maximum atomic E-state index is 13.3. The molecule has 6 rings (SSSR count). The number of hydrogen-bond donors (Lipinski definition) is 2. The number of anilines is 1. The third-order valence-electron chi connectivity index (χ3n) is 7.12. The Balaban J connectivity index is 1.11. The van der Waals surface area contributed by atoms with E-state index in [9.17, 15) is 22.8 Å². The van der Waals surface area contributed by atoms with Crippen molar-refractivity contribution in [3.8, 4) is 5.75 Å². The van der Waals surface area contributed by atoms with Crippen LogP contribution in [-0.2, 0) is 37.0 Å². The molecule has 15 heteroatoms. The standard InChI is InChI=1S/C27H26F3N9O3/c1-37-19-11-17(13-38-9-10-39-22(14-38)34-36-26(39)27(28,29)30)7-8-20(19)42-15-18(25(37)41)31-24(40)23-32-21(33-35-23)12-16-5-3-2-4-6-16/h2-8,11,18H,9-10,12-15H2,1H3,(H,31,40)(H,32,33,35)/t18-/m0/s1/i/hD. The second kappa shape index (κ2) is 10.9. The molecule has 42 heavy (non-hydrogen) atoms. The number of ether oxygens (including phenoxy) is 1. The number of hydrogen-bond acceptors (Lipinski definition) is 8. The Morgan fingerprint density at radius 2 is 1.98 bits per heavy atom. The first-order chi connectivity index (χ1) is 20.6. The van der Waals surface area contributed by atoms with Crippen LogP contribution >= 0.6 is 0 Å². The lowest BCUT2D eigenvalue weighted by molar-refractivity contribution is -0.148. The van der Waals surface area contributed by atoms with Crippen molar-refractivity contribution in [1.29, 1.82) is 0 Å². The third-order valence-corrected chi connectivity index (χ3v) is 7.12. The van der Waals surface area contributed by atoms with Gasteiger partial charge < -0.3 is 19.5 Å². The Labute approximate surface area is 239 Å². The molecule has 2 aliphatic rings. The molecule has 0 bridgehead atoms. The van der Waals surface area contributed by atoms with Crippen LogP contribution in [0.25, 0.3) is 0 Å². The molecule has 2 amide bonds. The lowest BCUT2D eigenvalue weighted by Crippen LogP contribution is -2.49. The van der Waals surface area contributed by atoms with Gasteiger partial charge in [-0.25, -0.2) is 4.98 Å². The fourth-order valence-corrected chi connectivity index (χ4v) is 5.00. The number of amides is 2. The van der Waals surface area contributed by atoms with Gasteiger partial charge in [0.25, 0.3) is 11.8 Å². The number of rotatable bonds is 6. The van der Waals surface area contributed by atoms with Gasteiger partial charge in [0.2, 0.25) is 11.6 Å². The summed E-state index contributed by atoms with van der Waals surface area (Å²) in [4.78, 5) is 33.8. The summed E-state index contributed by atoms with van der Waals surface area (Å²) in [7, 11) is 1.57. The van der Waals surface area contributed by atoms with E-state index in [0.29, 0.717) is 30.9 Å². The fourth-order valence-electron chi connectivity index (χ4n) is 5.00. The molecule has 0 spiro atoms. The van der Waals surface area contributed by atoms with Gasteiger partial charge in [-0.1, -0.05) is 36.4 Å². The van der Waals surface area contributed by atoms with Gasteiger partial charge in [-0.05, 0) is 23.3 Å². The first-order valence-corrected chi connectivity index (χ1v) is 13.1. The number of nitrogens with zero attached hydrogens (tertiary/aromatic N) is 7. The average Bonchev–Trinajstić information content (AvgIpc) is 3.55. The molecule has 2 N–H and O–H groups in total. The van der Waals surface area contributed by atoms with Crippen LogP contribution in [0.15, 0.2) is 48.5 Å². The van der Waals surface area contributed by atoms with Gasteiger partial charge in [0, 0.05) is 33.1 Å². The summed E-state index contributed by atoms with van der Waals surface area (Å²) >= 11 is 0. The van der Waals surface area contributed by atoms with Crippen LogP contribution in [-0.4, -0.2) is 72.9 Å². The zero-order chi connectivity index (χ0) is 30.3. The van der Waals surface area contributed by atoms with Crippen LogP contribution in [0, 0.1) is 0 Å². The van der Waals surface area contributed by atoms with Gasteiger partial charge in [-0.15, -0.1) is 15.3 Å². The first kappa shape index (κ1) is 26.1. The monoisotopic (exact) mass is 582 g/mol. The maximum Gasteiger partial charge on any atom is 0.451 e. The Morgan fingerprint density at radius 3 is 2.76 bits per heavy atom. The van der Waals surface area contributed by atoms with Crippen LogP contribution in [0.1, 0.15) is 39.2 Å².